The van der Waals surface area contributed by atoms with E-state index in [-0.39, 0.29) is 29.0 Å². The largest absolute Gasteiger partial charge is 0.394 e. The third kappa shape index (κ3) is 5.94. The monoisotopic (exact) mass is 482 g/mol. The summed E-state index contributed by atoms with van der Waals surface area (Å²) in [6.45, 7) is 3.30. The Morgan fingerprint density at radius 1 is 0.906 bits per heavy atom. The summed E-state index contributed by atoms with van der Waals surface area (Å²) in [5.74, 6) is 0. The number of nitrogens with one attached hydrogen (secondary N) is 2. The van der Waals surface area contributed by atoms with Crippen LogP contribution in [-0.2, 0) is 24.8 Å². The number of sulfonamides is 2. The predicted molar refractivity (Wildman–Crippen MR) is 121 cm³/mol. The number of aliphatic hydroxyl groups excluding tert-OH is 1. The molecule has 0 radical (unpaired) electrons. The van der Waals surface area contributed by atoms with Crippen LogP contribution in [0.25, 0.3) is 0 Å². The van der Waals surface area contributed by atoms with Crippen molar-refractivity contribution in [3.63, 3.8) is 0 Å². The molecule has 2 aromatic rings. The van der Waals surface area contributed by atoms with E-state index >= 15 is 0 Å². The van der Waals surface area contributed by atoms with Gasteiger partial charge in [0.1, 0.15) is 0 Å². The van der Waals surface area contributed by atoms with Crippen LogP contribution >= 0.6 is 0 Å². The van der Waals surface area contributed by atoms with E-state index in [0.717, 1.165) is 0 Å². The Balaban J connectivity index is 1.57. The molecule has 10 heteroatoms. The van der Waals surface area contributed by atoms with Crippen molar-refractivity contribution < 1.29 is 26.7 Å². The van der Waals surface area contributed by atoms with Gasteiger partial charge in [-0.1, -0.05) is 36.4 Å². The standard InChI is InChI=1S/C22H30N2O6S2/c1-16-7-3-5-9-21(16)31(26,27)23-14-13-18-11-12-19(20(15-25)30-18)24-32(28,29)22-10-6-4-8-17(22)2/h3-10,18-20,23-25H,11-15H2,1-2H3/t18-,19-,20+/m0/s1. The minimum atomic E-state index is -3.75. The SMILES string of the molecule is Cc1ccccc1S(=O)(=O)NCC[C@@H]1CC[C@H](NS(=O)(=O)c2ccccc2C)[C@@H](CO)O1. The summed E-state index contributed by atoms with van der Waals surface area (Å²) in [7, 11) is -7.38. The van der Waals surface area contributed by atoms with Crippen LogP contribution in [0.4, 0.5) is 0 Å². The Kier molecular flexibility index (Phi) is 8.07. The van der Waals surface area contributed by atoms with E-state index < -0.39 is 32.2 Å². The number of benzene rings is 2. The van der Waals surface area contributed by atoms with Crippen molar-refractivity contribution in [2.75, 3.05) is 13.2 Å². The summed E-state index contributed by atoms with van der Waals surface area (Å²) in [5, 5.41) is 9.76. The number of hydrogen-bond acceptors (Lipinski definition) is 6. The summed E-state index contributed by atoms with van der Waals surface area (Å²) < 4.78 is 61.7. The Morgan fingerprint density at radius 2 is 1.47 bits per heavy atom. The average Bonchev–Trinajstić information content (AvgIpc) is 2.74. The van der Waals surface area contributed by atoms with Gasteiger partial charge in [0.2, 0.25) is 20.0 Å². The van der Waals surface area contributed by atoms with Gasteiger partial charge in [0.25, 0.3) is 0 Å². The molecule has 0 spiro atoms. The molecule has 0 unspecified atom stereocenters. The second-order valence-electron chi connectivity index (χ2n) is 8.00. The maximum Gasteiger partial charge on any atom is 0.241 e. The third-order valence-corrected chi connectivity index (χ3v) is 8.90. The summed E-state index contributed by atoms with van der Waals surface area (Å²) in [4.78, 5) is 0.438. The van der Waals surface area contributed by atoms with Crippen LogP contribution in [-0.4, -0.2) is 53.3 Å². The van der Waals surface area contributed by atoms with Crippen LogP contribution in [0, 0.1) is 13.8 Å². The highest BCUT2D eigenvalue weighted by Gasteiger charge is 2.34. The first-order valence-corrected chi connectivity index (χ1v) is 13.5. The van der Waals surface area contributed by atoms with Gasteiger partial charge >= 0.3 is 0 Å². The highest BCUT2D eigenvalue weighted by Crippen LogP contribution is 2.24. The third-order valence-electron chi connectivity index (χ3n) is 5.63. The van der Waals surface area contributed by atoms with Gasteiger partial charge in [-0.3, -0.25) is 0 Å². The second kappa shape index (κ2) is 10.4. The molecule has 0 saturated carbocycles. The lowest BCUT2D eigenvalue weighted by molar-refractivity contribution is -0.0869. The van der Waals surface area contributed by atoms with Crippen LogP contribution in [0.5, 0.6) is 0 Å². The van der Waals surface area contributed by atoms with E-state index in [1.807, 2.05) is 0 Å². The fraction of sp³-hybridized carbons (Fsp3) is 0.455. The van der Waals surface area contributed by atoms with E-state index in [2.05, 4.69) is 9.44 Å². The lowest BCUT2D eigenvalue weighted by atomic mass is 9.98. The van der Waals surface area contributed by atoms with Crippen LogP contribution < -0.4 is 9.44 Å². The van der Waals surface area contributed by atoms with E-state index in [1.165, 1.54) is 0 Å². The molecule has 32 heavy (non-hydrogen) atoms. The molecule has 1 saturated heterocycles. The maximum atomic E-state index is 12.8. The normalized spacial score (nSPS) is 22.0. The van der Waals surface area contributed by atoms with Crippen molar-refractivity contribution in [1.29, 1.82) is 0 Å². The number of aryl methyl sites for hydroxylation is 2. The molecule has 1 fully saturated rings. The Labute approximate surface area is 190 Å². The minimum absolute atomic E-state index is 0.180. The van der Waals surface area contributed by atoms with Crippen molar-refractivity contribution in [2.45, 2.75) is 61.2 Å². The first kappa shape index (κ1) is 24.8. The van der Waals surface area contributed by atoms with Crippen molar-refractivity contribution in [1.82, 2.24) is 9.44 Å². The molecule has 0 aliphatic carbocycles. The highest BCUT2D eigenvalue weighted by molar-refractivity contribution is 7.89. The molecule has 1 aliphatic rings. The van der Waals surface area contributed by atoms with Crippen LogP contribution in [0.1, 0.15) is 30.4 Å². The molecule has 176 valence electrons. The lowest BCUT2D eigenvalue weighted by Gasteiger charge is -2.36. The fourth-order valence-electron chi connectivity index (χ4n) is 3.89. The highest BCUT2D eigenvalue weighted by atomic mass is 32.2. The molecule has 2 aromatic carbocycles. The molecule has 1 aliphatic heterocycles. The molecule has 0 amide bonds. The van der Waals surface area contributed by atoms with Crippen LogP contribution in [0.15, 0.2) is 58.3 Å². The van der Waals surface area contributed by atoms with E-state index in [1.54, 1.807) is 62.4 Å². The van der Waals surface area contributed by atoms with Gasteiger partial charge in [0, 0.05) is 6.54 Å². The van der Waals surface area contributed by atoms with Crippen molar-refractivity contribution in [2.24, 2.45) is 0 Å². The average molecular weight is 483 g/mol. The smallest absolute Gasteiger partial charge is 0.241 e. The van der Waals surface area contributed by atoms with Gasteiger partial charge in [-0.15, -0.1) is 0 Å². The Bertz CT molecular complexity index is 1130. The van der Waals surface area contributed by atoms with Crippen LogP contribution in [0.2, 0.25) is 0 Å². The van der Waals surface area contributed by atoms with Gasteiger partial charge in [0.15, 0.2) is 0 Å². The van der Waals surface area contributed by atoms with Gasteiger partial charge in [-0.05, 0) is 56.4 Å². The second-order valence-corrected chi connectivity index (χ2v) is 11.4. The molecule has 8 nitrogen and oxygen atoms in total. The summed E-state index contributed by atoms with van der Waals surface area (Å²) in [6, 6.07) is 12.9. The van der Waals surface area contributed by atoms with Gasteiger partial charge in [0.05, 0.1) is 34.6 Å². The van der Waals surface area contributed by atoms with E-state index in [9.17, 15) is 21.9 Å². The summed E-state index contributed by atoms with van der Waals surface area (Å²) in [6.07, 6.45) is 0.444. The Hall–Kier alpha value is -1.82. The molecule has 0 bridgehead atoms. The minimum Gasteiger partial charge on any atom is -0.394 e. The molecule has 3 atom stereocenters. The van der Waals surface area contributed by atoms with Gasteiger partial charge in [-0.25, -0.2) is 26.3 Å². The molecule has 3 N–H and O–H groups in total. The van der Waals surface area contributed by atoms with E-state index in [4.69, 9.17) is 4.74 Å². The lowest BCUT2D eigenvalue weighted by Crippen LogP contribution is -2.51. The molecule has 0 aromatic heterocycles. The number of rotatable bonds is 9. The zero-order chi connectivity index (χ0) is 23.4. The quantitative estimate of drug-likeness (QED) is 0.502. The zero-order valence-electron chi connectivity index (χ0n) is 18.2. The summed E-state index contributed by atoms with van der Waals surface area (Å²) >= 11 is 0. The van der Waals surface area contributed by atoms with Crippen molar-refractivity contribution in [3.05, 3.63) is 59.7 Å². The van der Waals surface area contributed by atoms with Crippen molar-refractivity contribution in [3.8, 4) is 0 Å². The summed E-state index contributed by atoms with van der Waals surface area (Å²) in [5.41, 5.74) is 1.30. The number of aliphatic hydroxyl groups is 1. The zero-order valence-corrected chi connectivity index (χ0v) is 19.8. The van der Waals surface area contributed by atoms with Gasteiger partial charge < -0.3 is 9.84 Å². The molecular weight excluding hydrogens is 452 g/mol. The first-order valence-electron chi connectivity index (χ1n) is 10.5. The maximum absolute atomic E-state index is 12.8. The van der Waals surface area contributed by atoms with Gasteiger partial charge in [-0.2, -0.15) is 0 Å². The fourth-order valence-corrected chi connectivity index (χ4v) is 6.73. The first-order chi connectivity index (χ1) is 15.1. The molecule has 1 heterocycles. The Morgan fingerprint density at radius 3 is 2.03 bits per heavy atom. The van der Waals surface area contributed by atoms with Crippen molar-refractivity contribution >= 4 is 20.0 Å². The number of ether oxygens (including phenoxy) is 1. The number of hydrogen-bond donors (Lipinski definition) is 3. The predicted octanol–water partition coefficient (Wildman–Crippen LogP) is 1.86. The molecule has 3 rings (SSSR count). The van der Waals surface area contributed by atoms with E-state index in [0.29, 0.717) is 30.4 Å². The molecular formula is C22H30N2O6S2. The topological polar surface area (TPSA) is 122 Å². The van der Waals surface area contributed by atoms with Crippen LogP contribution in [0.3, 0.4) is 0 Å².